The van der Waals surface area contributed by atoms with Gasteiger partial charge in [-0.3, -0.25) is 0 Å². The molecule has 0 aliphatic heterocycles. The average molecular weight is 151 g/mol. The van der Waals surface area contributed by atoms with E-state index < -0.39 is 0 Å². The quantitative estimate of drug-likeness (QED) is 0.331. The number of rotatable bonds is 2. The van der Waals surface area contributed by atoms with E-state index in [0.717, 1.165) is 18.4 Å². The van der Waals surface area contributed by atoms with Crippen LogP contribution in [0.2, 0.25) is 0 Å². The molecular weight excluding hydrogens is 138 g/mol. The van der Waals surface area contributed by atoms with Gasteiger partial charge >= 0.3 is 0 Å². The van der Waals surface area contributed by atoms with Gasteiger partial charge < -0.3 is 0 Å². The van der Waals surface area contributed by atoms with Crippen LogP contribution in [0.1, 0.15) is 25.7 Å². The van der Waals surface area contributed by atoms with E-state index >= 15 is 0 Å². The summed E-state index contributed by atoms with van der Waals surface area (Å²) in [5.74, 6) is 2.76. The summed E-state index contributed by atoms with van der Waals surface area (Å²) in [6.07, 6.45) is 5.45. The van der Waals surface area contributed by atoms with Gasteiger partial charge in [0.15, 0.2) is 0 Å². The van der Waals surface area contributed by atoms with E-state index in [-0.39, 0.29) is 0 Å². The van der Waals surface area contributed by atoms with Gasteiger partial charge in [0.1, 0.15) is 0 Å². The molecule has 3 atom stereocenters. The first-order valence-electron chi connectivity index (χ1n) is 4.41. The predicted molar refractivity (Wildman–Crippen MR) is 43.0 cm³/mol. The minimum atomic E-state index is 0.703. The zero-order valence-electron chi connectivity index (χ0n) is 6.61. The molecule has 0 aromatic rings. The molecular formula is C8H13N3. The van der Waals surface area contributed by atoms with Crippen molar-refractivity contribution >= 4 is 0 Å². The van der Waals surface area contributed by atoms with Gasteiger partial charge in [-0.25, -0.2) is 0 Å². The van der Waals surface area contributed by atoms with Crippen LogP contribution in [0, 0.1) is 17.8 Å². The van der Waals surface area contributed by atoms with Gasteiger partial charge in [0.05, 0.1) is 0 Å². The molecule has 0 radical (unpaired) electrons. The smallest absolute Gasteiger partial charge is 0.0286 e. The molecule has 2 aliphatic rings. The molecule has 60 valence electrons. The maximum absolute atomic E-state index is 8.13. The molecule has 0 unspecified atom stereocenters. The van der Waals surface area contributed by atoms with Crippen molar-refractivity contribution in [2.45, 2.75) is 25.7 Å². The molecule has 3 nitrogen and oxygen atoms in total. The molecule has 11 heavy (non-hydrogen) atoms. The molecule has 0 spiro atoms. The summed E-state index contributed by atoms with van der Waals surface area (Å²) in [5.41, 5.74) is 8.13. The number of nitrogens with zero attached hydrogens (tertiary/aromatic N) is 3. The lowest BCUT2D eigenvalue weighted by Crippen LogP contribution is -2.10. The number of fused-ring (bicyclic) bond motifs is 1. The van der Waals surface area contributed by atoms with E-state index in [4.69, 9.17) is 5.53 Å². The first-order chi connectivity index (χ1) is 5.40. The Morgan fingerprint density at radius 2 is 2.18 bits per heavy atom. The minimum Gasteiger partial charge on any atom is -0.0937 e. The predicted octanol–water partition coefficient (Wildman–Crippen LogP) is 2.73. The van der Waals surface area contributed by atoms with Crippen molar-refractivity contribution in [2.75, 3.05) is 6.54 Å². The summed E-state index contributed by atoms with van der Waals surface area (Å²) in [5, 5.41) is 3.63. The monoisotopic (exact) mass is 151 g/mol. The molecule has 0 amide bonds. The van der Waals surface area contributed by atoms with E-state index in [1.807, 2.05) is 0 Å². The Balaban J connectivity index is 1.80. The van der Waals surface area contributed by atoms with Crippen molar-refractivity contribution in [1.82, 2.24) is 0 Å². The van der Waals surface area contributed by atoms with Crippen LogP contribution in [0.4, 0.5) is 0 Å². The first kappa shape index (κ1) is 6.99. The largest absolute Gasteiger partial charge is 0.0937 e. The Labute approximate surface area is 66.4 Å². The van der Waals surface area contributed by atoms with Crippen LogP contribution in [-0.4, -0.2) is 6.54 Å². The average Bonchev–Trinajstić information content (AvgIpc) is 2.78. The molecule has 2 fully saturated rings. The molecule has 0 aromatic carbocycles. The Morgan fingerprint density at radius 1 is 1.27 bits per heavy atom. The van der Waals surface area contributed by atoms with Gasteiger partial charge in [-0.05, 0) is 42.5 Å². The van der Waals surface area contributed by atoms with Gasteiger partial charge in [0.2, 0.25) is 0 Å². The van der Waals surface area contributed by atoms with E-state index in [9.17, 15) is 0 Å². The highest BCUT2D eigenvalue weighted by Crippen LogP contribution is 2.51. The molecule has 0 heterocycles. The molecule has 2 aliphatic carbocycles. The summed E-state index contributed by atoms with van der Waals surface area (Å²) in [6, 6.07) is 0. The molecule has 2 rings (SSSR count). The second-order valence-electron chi connectivity index (χ2n) is 3.85. The lowest BCUT2D eigenvalue weighted by molar-refractivity contribution is 0.350. The van der Waals surface area contributed by atoms with Crippen LogP contribution in [0.15, 0.2) is 5.11 Å². The number of hydrogen-bond donors (Lipinski definition) is 0. The zero-order chi connectivity index (χ0) is 7.68. The lowest BCUT2D eigenvalue weighted by atomic mass is 9.89. The Bertz CT molecular complexity index is 196. The lowest BCUT2D eigenvalue weighted by Gasteiger charge is -2.18. The highest BCUT2D eigenvalue weighted by molar-refractivity contribution is 4.92. The summed E-state index contributed by atoms with van der Waals surface area (Å²) in [7, 11) is 0. The fourth-order valence-electron chi connectivity index (χ4n) is 2.27. The third kappa shape index (κ3) is 1.48. The van der Waals surface area contributed by atoms with Gasteiger partial charge in [-0.2, -0.15) is 0 Å². The summed E-state index contributed by atoms with van der Waals surface area (Å²) < 4.78 is 0. The second kappa shape index (κ2) is 2.74. The molecule has 0 N–H and O–H groups in total. The van der Waals surface area contributed by atoms with Crippen molar-refractivity contribution in [3.8, 4) is 0 Å². The highest BCUT2D eigenvalue weighted by atomic mass is 15.1. The van der Waals surface area contributed by atoms with E-state index in [0.29, 0.717) is 5.92 Å². The van der Waals surface area contributed by atoms with Gasteiger partial charge in [-0.1, -0.05) is 11.5 Å². The van der Waals surface area contributed by atoms with Crippen molar-refractivity contribution in [1.29, 1.82) is 0 Å². The number of azide groups is 1. The molecule has 0 bridgehead atoms. The Hall–Kier alpha value is -0.690. The summed E-state index contributed by atoms with van der Waals surface area (Å²) >= 11 is 0. The molecule has 3 heteroatoms. The van der Waals surface area contributed by atoms with E-state index in [1.165, 1.54) is 25.7 Å². The highest BCUT2D eigenvalue weighted by Gasteiger charge is 2.41. The topological polar surface area (TPSA) is 48.8 Å². The SMILES string of the molecule is [N-]=[N+]=NC[C@@H]1CC[C@H]2C[C@H]2C1. The standard InChI is InChI=1S/C8H13N3/c9-11-10-5-6-1-2-7-4-8(7)3-6/h6-8H,1-5H2/t6-,7+,8-/m1/s1. The minimum absolute atomic E-state index is 0.703. The van der Waals surface area contributed by atoms with E-state index in [2.05, 4.69) is 10.0 Å². The van der Waals surface area contributed by atoms with Crippen LogP contribution in [0.25, 0.3) is 10.4 Å². The maximum Gasteiger partial charge on any atom is 0.0286 e. The first-order valence-corrected chi connectivity index (χ1v) is 4.41. The maximum atomic E-state index is 8.13. The van der Waals surface area contributed by atoms with E-state index in [1.54, 1.807) is 0 Å². The van der Waals surface area contributed by atoms with Gasteiger partial charge in [-0.15, -0.1) is 0 Å². The van der Waals surface area contributed by atoms with Crippen molar-refractivity contribution < 1.29 is 0 Å². The van der Waals surface area contributed by atoms with Crippen molar-refractivity contribution in [2.24, 2.45) is 22.9 Å². The summed E-state index contributed by atoms with van der Waals surface area (Å²) in [4.78, 5) is 2.79. The fraction of sp³-hybridized carbons (Fsp3) is 1.00. The van der Waals surface area contributed by atoms with Crippen LogP contribution in [0.5, 0.6) is 0 Å². The van der Waals surface area contributed by atoms with Gasteiger partial charge in [0.25, 0.3) is 0 Å². The zero-order valence-corrected chi connectivity index (χ0v) is 6.61. The second-order valence-corrected chi connectivity index (χ2v) is 3.85. The van der Waals surface area contributed by atoms with Crippen LogP contribution < -0.4 is 0 Å². The third-order valence-electron chi connectivity index (χ3n) is 3.05. The molecule has 2 saturated carbocycles. The molecule has 0 saturated heterocycles. The van der Waals surface area contributed by atoms with Crippen LogP contribution in [0.3, 0.4) is 0 Å². The third-order valence-corrected chi connectivity index (χ3v) is 3.05. The van der Waals surface area contributed by atoms with Crippen LogP contribution in [-0.2, 0) is 0 Å². The normalized spacial score (nSPS) is 40.5. The summed E-state index contributed by atoms with van der Waals surface area (Å²) in [6.45, 7) is 0.736. The number of hydrogen-bond acceptors (Lipinski definition) is 1. The Morgan fingerprint density at radius 3 is 2.91 bits per heavy atom. The Kier molecular flexibility index (Phi) is 1.74. The fourth-order valence-corrected chi connectivity index (χ4v) is 2.27. The van der Waals surface area contributed by atoms with Crippen LogP contribution >= 0.6 is 0 Å². The molecule has 0 aromatic heterocycles. The van der Waals surface area contributed by atoms with Gasteiger partial charge in [0, 0.05) is 11.5 Å². The van der Waals surface area contributed by atoms with Crippen molar-refractivity contribution in [3.63, 3.8) is 0 Å². The van der Waals surface area contributed by atoms with Crippen molar-refractivity contribution in [3.05, 3.63) is 10.4 Å².